The molecule has 0 saturated heterocycles. The minimum atomic E-state index is -4.35. The zero-order chi connectivity index (χ0) is 15.5. The van der Waals surface area contributed by atoms with Crippen LogP contribution in [0.2, 0.25) is 0 Å². The van der Waals surface area contributed by atoms with Crippen LogP contribution in [-0.4, -0.2) is 29.8 Å². The van der Waals surface area contributed by atoms with Gasteiger partial charge in [-0.3, -0.25) is 0 Å². The molecule has 20 heavy (non-hydrogen) atoms. The van der Waals surface area contributed by atoms with Crippen molar-refractivity contribution in [2.45, 2.75) is 26.1 Å². The molecule has 112 valence electrons. The Kier molecular flexibility index (Phi) is 5.27. The average molecular weight is 354 g/mol. The van der Waals surface area contributed by atoms with Gasteiger partial charge in [0.15, 0.2) is 5.84 Å². The first-order valence-corrected chi connectivity index (χ1v) is 6.56. The van der Waals surface area contributed by atoms with Crippen LogP contribution in [0, 0.1) is 0 Å². The highest BCUT2D eigenvalue weighted by Crippen LogP contribution is 2.31. The average Bonchev–Trinajstić information content (AvgIpc) is 2.33. The van der Waals surface area contributed by atoms with Gasteiger partial charge in [0.25, 0.3) is 0 Å². The normalized spacial score (nSPS) is 12.8. The van der Waals surface area contributed by atoms with Crippen molar-refractivity contribution in [2.75, 3.05) is 11.4 Å². The largest absolute Gasteiger partial charge is 0.409 e. The van der Waals surface area contributed by atoms with Gasteiger partial charge >= 0.3 is 6.18 Å². The van der Waals surface area contributed by atoms with Crippen LogP contribution in [0.15, 0.2) is 27.8 Å². The van der Waals surface area contributed by atoms with E-state index in [4.69, 9.17) is 10.9 Å². The summed E-state index contributed by atoms with van der Waals surface area (Å²) < 4.78 is 38.6. The smallest absolute Gasteiger partial charge is 0.405 e. The molecule has 0 heterocycles. The topological polar surface area (TPSA) is 61.8 Å². The van der Waals surface area contributed by atoms with Gasteiger partial charge in [0, 0.05) is 16.2 Å². The quantitative estimate of drug-likeness (QED) is 0.377. The summed E-state index contributed by atoms with van der Waals surface area (Å²) in [5, 5.41) is 11.7. The van der Waals surface area contributed by atoms with Crippen LogP contribution < -0.4 is 10.6 Å². The molecule has 0 bridgehead atoms. The zero-order valence-corrected chi connectivity index (χ0v) is 12.5. The lowest BCUT2D eigenvalue weighted by molar-refractivity contribution is -0.120. The van der Waals surface area contributed by atoms with Crippen molar-refractivity contribution in [1.29, 1.82) is 0 Å². The predicted molar refractivity (Wildman–Crippen MR) is 75.2 cm³/mol. The standard InChI is InChI=1S/C12H15BrF3N3O/c1-7(2)19(6-12(14,15)16)9-5-3-4-8(13)10(9)11(17)18-20/h3-5,7,20H,6H2,1-2H3,(H2,17,18). The Morgan fingerprint density at radius 3 is 2.50 bits per heavy atom. The fourth-order valence-corrected chi connectivity index (χ4v) is 2.35. The number of amidine groups is 1. The Hall–Kier alpha value is -1.44. The first kappa shape index (κ1) is 16.6. The van der Waals surface area contributed by atoms with Gasteiger partial charge in [0.1, 0.15) is 6.54 Å². The van der Waals surface area contributed by atoms with Crippen LogP contribution in [0.4, 0.5) is 18.9 Å². The van der Waals surface area contributed by atoms with Crippen molar-refractivity contribution in [2.24, 2.45) is 10.9 Å². The highest BCUT2D eigenvalue weighted by atomic mass is 79.9. The minimum absolute atomic E-state index is 0.230. The number of anilines is 1. The van der Waals surface area contributed by atoms with Crippen LogP contribution in [0.3, 0.4) is 0 Å². The van der Waals surface area contributed by atoms with Crippen LogP contribution >= 0.6 is 15.9 Å². The molecule has 0 atom stereocenters. The number of nitrogens with two attached hydrogens (primary N) is 1. The maximum absolute atomic E-state index is 12.7. The SMILES string of the molecule is CC(C)N(CC(F)(F)F)c1cccc(Br)c1/C(N)=N/O. The zero-order valence-electron chi connectivity index (χ0n) is 10.9. The van der Waals surface area contributed by atoms with Crippen molar-refractivity contribution < 1.29 is 18.4 Å². The first-order chi connectivity index (χ1) is 9.17. The molecule has 1 aromatic rings. The van der Waals surface area contributed by atoms with Crippen molar-refractivity contribution in [3.8, 4) is 0 Å². The molecule has 0 aliphatic carbocycles. The van der Waals surface area contributed by atoms with Gasteiger partial charge in [0.05, 0.1) is 5.56 Å². The second-order valence-electron chi connectivity index (χ2n) is 4.46. The molecule has 0 radical (unpaired) electrons. The van der Waals surface area contributed by atoms with Crippen molar-refractivity contribution in [3.63, 3.8) is 0 Å². The summed E-state index contributed by atoms with van der Waals surface area (Å²) in [6.45, 7) is 2.16. The molecule has 0 saturated carbocycles. The Morgan fingerprint density at radius 2 is 2.05 bits per heavy atom. The third-order valence-electron chi connectivity index (χ3n) is 2.64. The minimum Gasteiger partial charge on any atom is -0.409 e. The van der Waals surface area contributed by atoms with E-state index in [0.717, 1.165) is 4.90 Å². The summed E-state index contributed by atoms with van der Waals surface area (Å²) in [5.74, 6) is -0.250. The molecule has 0 amide bonds. The summed E-state index contributed by atoms with van der Waals surface area (Å²) >= 11 is 3.21. The van der Waals surface area contributed by atoms with Crippen molar-refractivity contribution >= 4 is 27.5 Å². The number of nitrogens with zero attached hydrogens (tertiary/aromatic N) is 2. The maximum Gasteiger partial charge on any atom is 0.405 e. The third-order valence-corrected chi connectivity index (χ3v) is 3.30. The molecule has 3 N–H and O–H groups in total. The van der Waals surface area contributed by atoms with E-state index < -0.39 is 18.8 Å². The summed E-state index contributed by atoms with van der Waals surface area (Å²) in [7, 11) is 0. The molecule has 0 aliphatic rings. The van der Waals surface area contributed by atoms with Gasteiger partial charge in [-0.1, -0.05) is 11.2 Å². The number of oxime groups is 1. The predicted octanol–water partition coefficient (Wildman–Crippen LogP) is 3.32. The van der Waals surface area contributed by atoms with Crippen LogP contribution in [0.25, 0.3) is 0 Å². The number of hydrogen-bond acceptors (Lipinski definition) is 3. The van der Waals surface area contributed by atoms with Crippen molar-refractivity contribution in [1.82, 2.24) is 0 Å². The van der Waals surface area contributed by atoms with E-state index in [9.17, 15) is 13.2 Å². The Balaban J connectivity index is 3.38. The molecule has 0 unspecified atom stereocenters. The summed E-state index contributed by atoms with van der Waals surface area (Å²) in [4.78, 5) is 1.15. The summed E-state index contributed by atoms with van der Waals surface area (Å²) in [5.41, 5.74) is 6.04. The molecule has 4 nitrogen and oxygen atoms in total. The van der Waals surface area contributed by atoms with Crippen LogP contribution in [-0.2, 0) is 0 Å². The van der Waals surface area contributed by atoms with Gasteiger partial charge in [-0.2, -0.15) is 13.2 Å². The summed E-state index contributed by atoms with van der Waals surface area (Å²) in [6.07, 6.45) is -4.35. The van der Waals surface area contributed by atoms with Crippen molar-refractivity contribution in [3.05, 3.63) is 28.2 Å². The van der Waals surface area contributed by atoms with Gasteiger partial charge in [0.2, 0.25) is 0 Å². The molecule has 1 rings (SSSR count). The first-order valence-electron chi connectivity index (χ1n) is 5.77. The Morgan fingerprint density at radius 1 is 1.45 bits per heavy atom. The fourth-order valence-electron chi connectivity index (χ4n) is 1.79. The van der Waals surface area contributed by atoms with Crippen LogP contribution in [0.1, 0.15) is 19.4 Å². The highest BCUT2D eigenvalue weighted by molar-refractivity contribution is 9.10. The molecular weight excluding hydrogens is 339 g/mol. The van der Waals surface area contributed by atoms with Gasteiger partial charge in [-0.15, -0.1) is 0 Å². The number of benzene rings is 1. The number of hydrogen-bond donors (Lipinski definition) is 2. The fraction of sp³-hybridized carbons (Fsp3) is 0.417. The highest BCUT2D eigenvalue weighted by Gasteiger charge is 2.33. The lowest BCUT2D eigenvalue weighted by Gasteiger charge is -2.31. The van der Waals surface area contributed by atoms with E-state index in [-0.39, 0.29) is 17.1 Å². The molecule has 8 heteroatoms. The van der Waals surface area contributed by atoms with E-state index in [1.54, 1.807) is 26.0 Å². The van der Waals surface area contributed by atoms with Gasteiger partial charge in [-0.25, -0.2) is 0 Å². The molecule has 0 spiro atoms. The molecule has 0 aliphatic heterocycles. The van der Waals surface area contributed by atoms with Gasteiger partial charge < -0.3 is 15.8 Å². The van der Waals surface area contributed by atoms with E-state index in [0.29, 0.717) is 4.47 Å². The second-order valence-corrected chi connectivity index (χ2v) is 5.31. The van der Waals surface area contributed by atoms with E-state index in [1.165, 1.54) is 6.07 Å². The number of alkyl halides is 3. The molecular formula is C12H15BrF3N3O. The van der Waals surface area contributed by atoms with Crippen LogP contribution in [0.5, 0.6) is 0 Å². The second kappa shape index (κ2) is 6.34. The summed E-state index contributed by atoms with van der Waals surface area (Å²) in [6, 6.07) is 4.31. The Bertz CT molecular complexity index is 503. The number of halogens is 4. The Labute approximate surface area is 123 Å². The van der Waals surface area contributed by atoms with Gasteiger partial charge in [-0.05, 0) is 41.9 Å². The third kappa shape index (κ3) is 4.03. The number of rotatable bonds is 4. The van der Waals surface area contributed by atoms with E-state index in [2.05, 4.69) is 21.1 Å². The van der Waals surface area contributed by atoms with E-state index in [1.807, 2.05) is 0 Å². The lowest BCUT2D eigenvalue weighted by atomic mass is 10.1. The molecule has 1 aromatic carbocycles. The molecule has 0 aromatic heterocycles. The lowest BCUT2D eigenvalue weighted by Crippen LogP contribution is -2.40. The van der Waals surface area contributed by atoms with E-state index >= 15 is 0 Å². The molecule has 0 fully saturated rings. The maximum atomic E-state index is 12.7. The monoisotopic (exact) mass is 353 g/mol.